The summed E-state index contributed by atoms with van der Waals surface area (Å²) in [6, 6.07) is 7.76. The third-order valence-corrected chi connectivity index (χ3v) is 3.24. The highest BCUT2D eigenvalue weighted by atomic mass is 79.9. The van der Waals surface area contributed by atoms with Crippen molar-refractivity contribution in [1.29, 1.82) is 0 Å². The Hall–Kier alpha value is -1.88. The Balaban J connectivity index is 2.19. The fourth-order valence-electron chi connectivity index (χ4n) is 1.88. The summed E-state index contributed by atoms with van der Waals surface area (Å²) in [6.07, 6.45) is 1.80. The second-order valence-corrected chi connectivity index (χ2v) is 5.12. The molecule has 3 N–H and O–H groups in total. The lowest BCUT2D eigenvalue weighted by Gasteiger charge is -2.02. The summed E-state index contributed by atoms with van der Waals surface area (Å²) in [5.74, 6) is 0.744. The lowest BCUT2D eigenvalue weighted by Crippen LogP contribution is -1.91. The van der Waals surface area contributed by atoms with Crippen LogP contribution in [0.15, 0.2) is 34.9 Å². The van der Waals surface area contributed by atoms with Crippen LogP contribution in [-0.2, 0) is 0 Å². The predicted octanol–water partition coefficient (Wildman–Crippen LogP) is 3.28. The summed E-state index contributed by atoms with van der Waals surface area (Å²) in [4.78, 5) is 12.0. The molecule has 3 aromatic rings. The van der Waals surface area contributed by atoms with E-state index < -0.39 is 0 Å². The number of aryl methyl sites for hydroxylation is 1. The number of H-pyrrole nitrogens is 1. The van der Waals surface area contributed by atoms with Gasteiger partial charge in [0.1, 0.15) is 5.82 Å². The minimum absolute atomic E-state index is 0.681. The molecule has 18 heavy (non-hydrogen) atoms. The first-order valence-electron chi connectivity index (χ1n) is 5.51. The average Bonchev–Trinajstić information content (AvgIpc) is 2.71. The van der Waals surface area contributed by atoms with Crippen LogP contribution < -0.4 is 5.73 Å². The summed E-state index contributed by atoms with van der Waals surface area (Å²) >= 11 is 3.39. The van der Waals surface area contributed by atoms with Crippen LogP contribution in [0.25, 0.3) is 22.6 Å². The second-order valence-electron chi connectivity index (χ2n) is 4.20. The van der Waals surface area contributed by atoms with E-state index in [9.17, 15) is 0 Å². The zero-order chi connectivity index (χ0) is 12.7. The van der Waals surface area contributed by atoms with Crippen LogP contribution in [0.2, 0.25) is 0 Å². The third-order valence-electron chi connectivity index (χ3n) is 2.74. The molecule has 3 rings (SSSR count). The topological polar surface area (TPSA) is 67.6 Å². The lowest BCUT2D eigenvalue weighted by atomic mass is 10.2. The van der Waals surface area contributed by atoms with Gasteiger partial charge in [0.2, 0.25) is 0 Å². The molecule has 0 bridgehead atoms. The Morgan fingerprint density at radius 3 is 2.89 bits per heavy atom. The minimum Gasteiger partial charge on any atom is -0.398 e. The van der Waals surface area contributed by atoms with Gasteiger partial charge in [0.25, 0.3) is 0 Å². The number of nitrogen functional groups attached to an aromatic ring is 1. The van der Waals surface area contributed by atoms with Crippen molar-refractivity contribution in [3.63, 3.8) is 0 Å². The number of rotatable bonds is 1. The van der Waals surface area contributed by atoms with Gasteiger partial charge in [0.15, 0.2) is 5.65 Å². The normalized spacial score (nSPS) is 11.0. The maximum atomic E-state index is 5.99. The number of anilines is 1. The van der Waals surface area contributed by atoms with E-state index in [4.69, 9.17) is 5.73 Å². The van der Waals surface area contributed by atoms with E-state index in [2.05, 4.69) is 30.9 Å². The van der Waals surface area contributed by atoms with Crippen molar-refractivity contribution in [3.8, 4) is 11.4 Å². The minimum atomic E-state index is 0.681. The molecule has 0 spiro atoms. The molecular weight excluding hydrogens is 292 g/mol. The van der Waals surface area contributed by atoms with Crippen LogP contribution in [0.4, 0.5) is 5.69 Å². The lowest BCUT2D eigenvalue weighted by molar-refractivity contribution is 1.28. The molecule has 1 aromatic carbocycles. The van der Waals surface area contributed by atoms with Gasteiger partial charge in [0, 0.05) is 21.9 Å². The van der Waals surface area contributed by atoms with E-state index in [1.54, 1.807) is 6.20 Å². The second kappa shape index (κ2) is 4.10. The van der Waals surface area contributed by atoms with Gasteiger partial charge in [-0.2, -0.15) is 0 Å². The first kappa shape index (κ1) is 11.2. The van der Waals surface area contributed by atoms with Crippen molar-refractivity contribution < 1.29 is 0 Å². The Morgan fingerprint density at radius 2 is 2.11 bits per heavy atom. The fraction of sp³-hybridized carbons (Fsp3) is 0.0769. The molecule has 0 fully saturated rings. The molecule has 0 radical (unpaired) electrons. The number of aromatic nitrogens is 3. The Labute approximate surface area is 112 Å². The maximum Gasteiger partial charge on any atom is 0.178 e. The van der Waals surface area contributed by atoms with Crippen molar-refractivity contribution in [2.24, 2.45) is 0 Å². The van der Waals surface area contributed by atoms with Gasteiger partial charge >= 0.3 is 0 Å². The van der Waals surface area contributed by atoms with Crippen LogP contribution in [0.3, 0.4) is 0 Å². The van der Waals surface area contributed by atoms with Gasteiger partial charge in [-0.05, 0) is 36.8 Å². The van der Waals surface area contributed by atoms with E-state index >= 15 is 0 Å². The number of benzene rings is 1. The van der Waals surface area contributed by atoms with Gasteiger partial charge in [-0.15, -0.1) is 0 Å². The highest BCUT2D eigenvalue weighted by molar-refractivity contribution is 9.10. The van der Waals surface area contributed by atoms with Gasteiger partial charge < -0.3 is 10.7 Å². The van der Waals surface area contributed by atoms with Crippen LogP contribution in [0.5, 0.6) is 0 Å². The fourth-order valence-corrected chi connectivity index (χ4v) is 2.26. The molecule has 2 heterocycles. The molecule has 0 aliphatic heterocycles. The van der Waals surface area contributed by atoms with Crippen LogP contribution >= 0.6 is 15.9 Å². The van der Waals surface area contributed by atoms with Gasteiger partial charge in [-0.25, -0.2) is 9.97 Å². The number of fused-ring (bicyclic) bond motifs is 1. The first-order chi connectivity index (χ1) is 8.63. The van der Waals surface area contributed by atoms with E-state index in [0.717, 1.165) is 26.9 Å². The number of halogens is 1. The largest absolute Gasteiger partial charge is 0.398 e. The highest BCUT2D eigenvalue weighted by Crippen LogP contribution is 2.27. The number of nitrogens with zero attached hydrogens (tertiary/aromatic N) is 2. The van der Waals surface area contributed by atoms with E-state index in [1.807, 2.05) is 31.2 Å². The number of imidazole rings is 1. The molecule has 0 aliphatic rings. The number of hydrogen-bond acceptors (Lipinski definition) is 3. The highest BCUT2D eigenvalue weighted by Gasteiger charge is 2.09. The van der Waals surface area contributed by atoms with Crippen molar-refractivity contribution in [1.82, 2.24) is 15.0 Å². The molecule has 0 unspecified atom stereocenters. The average molecular weight is 303 g/mol. The van der Waals surface area contributed by atoms with E-state index in [0.29, 0.717) is 11.3 Å². The zero-order valence-electron chi connectivity index (χ0n) is 9.74. The quantitative estimate of drug-likeness (QED) is 0.678. The maximum absolute atomic E-state index is 5.99. The number of nitrogens with one attached hydrogen (secondary N) is 1. The molecule has 0 saturated carbocycles. The van der Waals surface area contributed by atoms with Crippen molar-refractivity contribution >= 4 is 32.8 Å². The van der Waals surface area contributed by atoms with Gasteiger partial charge in [-0.3, -0.25) is 0 Å². The molecule has 5 heteroatoms. The Morgan fingerprint density at radius 1 is 1.28 bits per heavy atom. The number of aromatic amines is 1. The summed E-state index contributed by atoms with van der Waals surface area (Å²) in [6.45, 7) is 2.00. The third kappa shape index (κ3) is 1.86. The molecular formula is C13H11BrN4. The summed E-state index contributed by atoms with van der Waals surface area (Å²) in [5, 5.41) is 0. The predicted molar refractivity (Wildman–Crippen MR) is 76.2 cm³/mol. The SMILES string of the molecule is Cc1cnc2nc(-c3ccc(Br)cc3N)[nH]c2c1. The van der Waals surface area contributed by atoms with E-state index in [1.165, 1.54) is 0 Å². The van der Waals surface area contributed by atoms with E-state index in [-0.39, 0.29) is 0 Å². The summed E-state index contributed by atoms with van der Waals surface area (Å²) in [5.41, 5.74) is 10.3. The zero-order valence-corrected chi connectivity index (χ0v) is 11.3. The monoisotopic (exact) mass is 302 g/mol. The molecule has 0 amide bonds. The molecule has 2 aromatic heterocycles. The molecule has 90 valence electrons. The van der Waals surface area contributed by atoms with Crippen molar-refractivity contribution in [3.05, 3.63) is 40.5 Å². The van der Waals surface area contributed by atoms with Crippen LogP contribution in [0.1, 0.15) is 5.56 Å². The molecule has 0 aliphatic carbocycles. The Bertz CT molecular complexity index is 733. The molecule has 4 nitrogen and oxygen atoms in total. The van der Waals surface area contributed by atoms with Crippen molar-refractivity contribution in [2.45, 2.75) is 6.92 Å². The standard InChI is InChI=1S/C13H11BrN4/c1-7-4-11-13(16-6-7)18-12(17-11)9-3-2-8(14)5-10(9)15/h2-6H,15H2,1H3,(H,16,17,18). The van der Waals surface area contributed by atoms with Gasteiger partial charge in [-0.1, -0.05) is 15.9 Å². The van der Waals surface area contributed by atoms with Crippen LogP contribution in [0, 0.1) is 6.92 Å². The van der Waals surface area contributed by atoms with Crippen LogP contribution in [-0.4, -0.2) is 15.0 Å². The number of pyridine rings is 1. The Kier molecular flexibility index (Phi) is 2.56. The van der Waals surface area contributed by atoms with Gasteiger partial charge in [0.05, 0.1) is 5.52 Å². The summed E-state index contributed by atoms with van der Waals surface area (Å²) in [7, 11) is 0. The number of nitrogens with two attached hydrogens (primary N) is 1. The molecule has 0 saturated heterocycles. The number of hydrogen-bond donors (Lipinski definition) is 2. The summed E-state index contributed by atoms with van der Waals surface area (Å²) < 4.78 is 0.953. The molecule has 0 atom stereocenters. The first-order valence-corrected chi connectivity index (χ1v) is 6.30. The smallest absolute Gasteiger partial charge is 0.178 e. The van der Waals surface area contributed by atoms with Crippen molar-refractivity contribution in [2.75, 3.05) is 5.73 Å².